The molecule has 0 aromatic heterocycles. The Bertz CT molecular complexity index is 874. The molecular formula is C52H100O6. The van der Waals surface area contributed by atoms with Crippen LogP contribution in [0.5, 0.6) is 0 Å². The highest BCUT2D eigenvalue weighted by atomic mass is 16.6. The van der Waals surface area contributed by atoms with E-state index in [9.17, 15) is 14.4 Å². The SMILES string of the molecule is CCCCCCCCCCCCCCCCCC(=O)O[C@@H](COC(=O)CCCCCCCCCCCCC)COC(=O)CCCCCCCCCCCCC(C)CC. The van der Waals surface area contributed by atoms with E-state index in [2.05, 4.69) is 27.7 Å². The molecule has 0 bridgehead atoms. The highest BCUT2D eigenvalue weighted by molar-refractivity contribution is 5.71. The van der Waals surface area contributed by atoms with Crippen molar-refractivity contribution in [1.29, 1.82) is 0 Å². The van der Waals surface area contributed by atoms with Crippen LogP contribution < -0.4 is 0 Å². The van der Waals surface area contributed by atoms with Gasteiger partial charge in [0, 0.05) is 19.3 Å². The minimum atomic E-state index is -0.760. The molecule has 0 heterocycles. The van der Waals surface area contributed by atoms with Crippen LogP contribution in [-0.2, 0) is 28.6 Å². The van der Waals surface area contributed by atoms with E-state index in [4.69, 9.17) is 14.2 Å². The van der Waals surface area contributed by atoms with Gasteiger partial charge in [0.15, 0.2) is 6.10 Å². The van der Waals surface area contributed by atoms with Gasteiger partial charge in [-0.3, -0.25) is 14.4 Å². The van der Waals surface area contributed by atoms with E-state index in [1.165, 1.54) is 186 Å². The van der Waals surface area contributed by atoms with Crippen molar-refractivity contribution in [3.05, 3.63) is 0 Å². The summed E-state index contributed by atoms with van der Waals surface area (Å²) in [5.41, 5.74) is 0. The number of carbonyl (C=O) groups is 3. The number of carbonyl (C=O) groups excluding carboxylic acids is 3. The van der Waals surface area contributed by atoms with Crippen molar-refractivity contribution >= 4 is 17.9 Å². The number of esters is 3. The molecule has 0 saturated carbocycles. The van der Waals surface area contributed by atoms with Crippen molar-refractivity contribution in [3.63, 3.8) is 0 Å². The molecule has 0 aliphatic rings. The maximum absolute atomic E-state index is 12.8. The Morgan fingerprint density at radius 3 is 0.897 bits per heavy atom. The molecule has 0 rings (SSSR count). The Morgan fingerprint density at radius 1 is 0.345 bits per heavy atom. The number of unbranched alkanes of at least 4 members (excludes halogenated alkanes) is 33. The lowest BCUT2D eigenvalue weighted by molar-refractivity contribution is -0.167. The second-order valence-corrected chi connectivity index (χ2v) is 18.1. The van der Waals surface area contributed by atoms with E-state index < -0.39 is 6.10 Å². The van der Waals surface area contributed by atoms with E-state index in [1.807, 2.05) is 0 Å². The molecule has 344 valence electrons. The lowest BCUT2D eigenvalue weighted by atomic mass is 9.99. The first-order valence-electron chi connectivity index (χ1n) is 25.9. The van der Waals surface area contributed by atoms with Crippen molar-refractivity contribution in [2.75, 3.05) is 13.2 Å². The minimum Gasteiger partial charge on any atom is -0.462 e. The van der Waals surface area contributed by atoms with Crippen molar-refractivity contribution in [2.45, 2.75) is 297 Å². The maximum atomic E-state index is 12.8. The molecule has 0 aromatic rings. The number of rotatable bonds is 47. The number of ether oxygens (including phenoxy) is 3. The highest BCUT2D eigenvalue weighted by Crippen LogP contribution is 2.17. The summed E-state index contributed by atoms with van der Waals surface area (Å²) in [5.74, 6) is 0.0249. The summed E-state index contributed by atoms with van der Waals surface area (Å²) in [6, 6.07) is 0. The minimum absolute atomic E-state index is 0.0629. The average Bonchev–Trinajstić information content (AvgIpc) is 3.22. The molecule has 0 amide bonds. The summed E-state index contributed by atoms with van der Waals surface area (Å²) >= 11 is 0. The first-order valence-corrected chi connectivity index (χ1v) is 25.9. The molecule has 0 fully saturated rings. The summed E-state index contributed by atoms with van der Waals surface area (Å²) in [7, 11) is 0. The van der Waals surface area contributed by atoms with Gasteiger partial charge in [0.1, 0.15) is 13.2 Å². The van der Waals surface area contributed by atoms with Gasteiger partial charge in [-0.1, -0.05) is 252 Å². The van der Waals surface area contributed by atoms with E-state index in [-0.39, 0.29) is 31.1 Å². The van der Waals surface area contributed by atoms with Crippen LogP contribution in [0.4, 0.5) is 0 Å². The smallest absolute Gasteiger partial charge is 0.306 e. The van der Waals surface area contributed by atoms with Crippen LogP contribution in [-0.4, -0.2) is 37.2 Å². The standard InChI is InChI=1S/C52H100O6/c1-5-8-10-12-14-16-18-19-20-21-23-29-33-37-41-45-52(55)58-49(46-56-50(53)43-39-35-31-27-22-17-15-13-11-9-6-2)47-57-51(54)44-40-36-32-28-25-24-26-30-34-38-42-48(4)7-3/h48-49H,5-47H2,1-4H3/t48?,49-/m0/s1. The van der Waals surface area contributed by atoms with Gasteiger partial charge < -0.3 is 14.2 Å². The van der Waals surface area contributed by atoms with Crippen LogP contribution in [0.1, 0.15) is 291 Å². The third kappa shape index (κ3) is 44.0. The Labute approximate surface area is 361 Å². The summed E-state index contributed by atoms with van der Waals surface area (Å²) in [6.45, 7) is 9.04. The predicted molar refractivity (Wildman–Crippen MR) is 247 cm³/mol. The molecule has 0 aliphatic heterocycles. The Morgan fingerprint density at radius 2 is 0.603 bits per heavy atom. The normalized spacial score (nSPS) is 12.4. The molecule has 0 aromatic carbocycles. The molecule has 0 aliphatic carbocycles. The topological polar surface area (TPSA) is 78.9 Å². The van der Waals surface area contributed by atoms with E-state index in [1.54, 1.807) is 0 Å². The summed E-state index contributed by atoms with van der Waals surface area (Å²) in [5, 5.41) is 0. The molecule has 0 radical (unpaired) electrons. The van der Waals surface area contributed by atoms with E-state index >= 15 is 0 Å². The van der Waals surface area contributed by atoms with E-state index in [0.29, 0.717) is 19.3 Å². The lowest BCUT2D eigenvalue weighted by Crippen LogP contribution is -2.30. The van der Waals surface area contributed by atoms with Gasteiger partial charge in [0.25, 0.3) is 0 Å². The second kappa shape index (κ2) is 46.5. The molecule has 0 N–H and O–H groups in total. The zero-order valence-electron chi connectivity index (χ0n) is 39.5. The van der Waals surface area contributed by atoms with Crippen molar-refractivity contribution in [3.8, 4) is 0 Å². The molecule has 58 heavy (non-hydrogen) atoms. The van der Waals surface area contributed by atoms with Gasteiger partial charge in [-0.2, -0.15) is 0 Å². The van der Waals surface area contributed by atoms with E-state index in [0.717, 1.165) is 63.7 Å². The molecule has 6 heteroatoms. The van der Waals surface area contributed by atoms with Crippen molar-refractivity contribution < 1.29 is 28.6 Å². The zero-order chi connectivity index (χ0) is 42.4. The lowest BCUT2D eigenvalue weighted by Gasteiger charge is -2.18. The van der Waals surface area contributed by atoms with Crippen molar-refractivity contribution in [2.24, 2.45) is 5.92 Å². The van der Waals surface area contributed by atoms with Gasteiger partial charge in [0.2, 0.25) is 0 Å². The van der Waals surface area contributed by atoms with Crippen LogP contribution >= 0.6 is 0 Å². The van der Waals surface area contributed by atoms with Crippen LogP contribution in [0.3, 0.4) is 0 Å². The molecular weight excluding hydrogens is 721 g/mol. The van der Waals surface area contributed by atoms with Gasteiger partial charge in [-0.15, -0.1) is 0 Å². The Balaban J connectivity index is 4.31. The average molecular weight is 821 g/mol. The molecule has 2 atom stereocenters. The third-order valence-corrected chi connectivity index (χ3v) is 12.2. The monoisotopic (exact) mass is 821 g/mol. The van der Waals surface area contributed by atoms with Gasteiger partial charge in [-0.05, 0) is 25.2 Å². The summed E-state index contributed by atoms with van der Waals surface area (Å²) < 4.78 is 16.8. The molecule has 1 unspecified atom stereocenters. The first-order chi connectivity index (χ1) is 28.4. The number of hydrogen-bond acceptors (Lipinski definition) is 6. The highest BCUT2D eigenvalue weighted by Gasteiger charge is 2.19. The molecule has 0 spiro atoms. The van der Waals surface area contributed by atoms with Gasteiger partial charge in [-0.25, -0.2) is 0 Å². The van der Waals surface area contributed by atoms with Crippen molar-refractivity contribution in [1.82, 2.24) is 0 Å². The second-order valence-electron chi connectivity index (χ2n) is 18.1. The summed E-state index contributed by atoms with van der Waals surface area (Å²) in [4.78, 5) is 37.9. The summed E-state index contributed by atoms with van der Waals surface area (Å²) in [6.07, 6.45) is 47.9. The third-order valence-electron chi connectivity index (χ3n) is 12.2. The fourth-order valence-corrected chi connectivity index (χ4v) is 7.83. The zero-order valence-corrected chi connectivity index (χ0v) is 39.5. The van der Waals surface area contributed by atoms with Crippen LogP contribution in [0.15, 0.2) is 0 Å². The number of hydrogen-bond donors (Lipinski definition) is 0. The fourth-order valence-electron chi connectivity index (χ4n) is 7.83. The molecule has 6 nitrogen and oxygen atoms in total. The van der Waals surface area contributed by atoms with Gasteiger partial charge >= 0.3 is 17.9 Å². The quantitative estimate of drug-likeness (QED) is 0.0346. The van der Waals surface area contributed by atoms with Crippen LogP contribution in [0.2, 0.25) is 0 Å². The van der Waals surface area contributed by atoms with Crippen LogP contribution in [0.25, 0.3) is 0 Å². The van der Waals surface area contributed by atoms with Gasteiger partial charge in [0.05, 0.1) is 0 Å². The maximum Gasteiger partial charge on any atom is 0.306 e. The Hall–Kier alpha value is -1.59. The first kappa shape index (κ1) is 56.4. The fraction of sp³-hybridized carbons (Fsp3) is 0.942. The van der Waals surface area contributed by atoms with Crippen LogP contribution in [0, 0.1) is 5.92 Å². The predicted octanol–water partition coefficient (Wildman–Crippen LogP) is 16.7. The largest absolute Gasteiger partial charge is 0.462 e. The Kier molecular flexibility index (Phi) is 45.2. The molecule has 0 saturated heterocycles.